The third-order valence-corrected chi connectivity index (χ3v) is 3.90. The topological polar surface area (TPSA) is 69.1 Å². The summed E-state index contributed by atoms with van der Waals surface area (Å²) in [5.41, 5.74) is 3.78. The van der Waals surface area contributed by atoms with Gasteiger partial charge in [-0.25, -0.2) is 0 Å². The number of aldehydes is 1. The molecule has 0 N–H and O–H groups in total. The molecule has 0 radical (unpaired) electrons. The average Bonchev–Trinajstić information content (AvgIpc) is 3.32. The van der Waals surface area contributed by atoms with Gasteiger partial charge in [0.1, 0.15) is 5.76 Å². The predicted molar refractivity (Wildman–Crippen MR) is 93.0 cm³/mol. The number of rotatable bonds is 4. The highest BCUT2D eigenvalue weighted by Crippen LogP contribution is 2.26. The summed E-state index contributed by atoms with van der Waals surface area (Å²) < 4.78 is 10.8. The van der Waals surface area contributed by atoms with Crippen LogP contribution in [0.25, 0.3) is 34.2 Å². The number of hydrogen-bond donors (Lipinski definition) is 0. The molecule has 4 rings (SSSR count). The average molecular weight is 330 g/mol. The summed E-state index contributed by atoms with van der Waals surface area (Å²) in [6.45, 7) is 2.03. The zero-order chi connectivity index (χ0) is 17.2. The molecule has 122 valence electrons. The molecule has 0 spiro atoms. The molecule has 25 heavy (non-hydrogen) atoms. The van der Waals surface area contributed by atoms with Crippen LogP contribution in [0.15, 0.2) is 69.6 Å². The number of aromatic nitrogens is 2. The molecule has 0 saturated carbocycles. The van der Waals surface area contributed by atoms with Crippen molar-refractivity contribution >= 4 is 6.29 Å². The van der Waals surface area contributed by atoms with Crippen LogP contribution in [0.1, 0.15) is 16.1 Å². The van der Waals surface area contributed by atoms with E-state index in [1.54, 1.807) is 12.1 Å². The van der Waals surface area contributed by atoms with E-state index in [2.05, 4.69) is 10.1 Å². The van der Waals surface area contributed by atoms with Gasteiger partial charge in [-0.2, -0.15) is 4.98 Å². The summed E-state index contributed by atoms with van der Waals surface area (Å²) in [4.78, 5) is 15.2. The van der Waals surface area contributed by atoms with Crippen LogP contribution in [-0.2, 0) is 0 Å². The number of hydrogen-bond acceptors (Lipinski definition) is 5. The first-order valence-corrected chi connectivity index (χ1v) is 7.79. The Morgan fingerprint density at radius 1 is 0.840 bits per heavy atom. The highest BCUT2D eigenvalue weighted by Gasteiger charge is 2.11. The van der Waals surface area contributed by atoms with Gasteiger partial charge in [-0.15, -0.1) is 0 Å². The van der Waals surface area contributed by atoms with Crippen molar-refractivity contribution in [2.75, 3.05) is 0 Å². The Kier molecular flexibility index (Phi) is 3.74. The Labute approximate surface area is 143 Å². The van der Waals surface area contributed by atoms with E-state index < -0.39 is 0 Å². The maximum absolute atomic E-state index is 10.7. The fraction of sp³-hybridized carbons (Fsp3) is 0.0500. The second-order valence-electron chi connectivity index (χ2n) is 5.69. The van der Waals surface area contributed by atoms with Crippen molar-refractivity contribution in [3.8, 4) is 34.2 Å². The molecule has 5 nitrogen and oxygen atoms in total. The second kappa shape index (κ2) is 6.20. The number of nitrogens with zero attached hydrogens (tertiary/aromatic N) is 2. The number of furan rings is 1. The highest BCUT2D eigenvalue weighted by atomic mass is 16.5. The van der Waals surface area contributed by atoms with Gasteiger partial charge in [0.25, 0.3) is 5.89 Å². The van der Waals surface area contributed by atoms with Crippen LogP contribution in [0, 0.1) is 6.92 Å². The molecule has 0 bridgehead atoms. The number of aryl methyl sites for hydroxylation is 1. The molecule has 0 amide bonds. The van der Waals surface area contributed by atoms with Gasteiger partial charge in [0.15, 0.2) is 12.0 Å². The number of benzene rings is 2. The molecule has 0 saturated heterocycles. The van der Waals surface area contributed by atoms with Gasteiger partial charge in [0.05, 0.1) is 0 Å². The van der Waals surface area contributed by atoms with E-state index >= 15 is 0 Å². The van der Waals surface area contributed by atoms with Crippen molar-refractivity contribution in [3.63, 3.8) is 0 Å². The van der Waals surface area contributed by atoms with Crippen LogP contribution in [0.5, 0.6) is 0 Å². The van der Waals surface area contributed by atoms with E-state index in [1.807, 2.05) is 55.5 Å². The first kappa shape index (κ1) is 15.1. The smallest absolute Gasteiger partial charge is 0.258 e. The van der Waals surface area contributed by atoms with Gasteiger partial charge >= 0.3 is 0 Å². The minimum atomic E-state index is 0.304. The molecule has 0 aliphatic heterocycles. The lowest BCUT2D eigenvalue weighted by Crippen LogP contribution is -1.82. The van der Waals surface area contributed by atoms with Crippen LogP contribution in [0.3, 0.4) is 0 Å². The van der Waals surface area contributed by atoms with Crippen molar-refractivity contribution in [1.29, 1.82) is 0 Å². The fourth-order valence-electron chi connectivity index (χ4n) is 2.51. The van der Waals surface area contributed by atoms with Crippen molar-refractivity contribution < 1.29 is 13.7 Å². The van der Waals surface area contributed by atoms with Crippen molar-refractivity contribution in [1.82, 2.24) is 10.1 Å². The monoisotopic (exact) mass is 330 g/mol. The number of carbonyl (C=O) groups is 1. The van der Waals surface area contributed by atoms with Gasteiger partial charge in [0.2, 0.25) is 5.82 Å². The first-order valence-electron chi connectivity index (χ1n) is 7.79. The van der Waals surface area contributed by atoms with Gasteiger partial charge < -0.3 is 8.94 Å². The molecule has 0 aliphatic carbocycles. The molecule has 0 aliphatic rings. The van der Waals surface area contributed by atoms with E-state index in [-0.39, 0.29) is 0 Å². The molecular formula is C20H14N2O3. The molecule has 0 fully saturated rings. The summed E-state index contributed by atoms with van der Waals surface area (Å²) >= 11 is 0. The quantitative estimate of drug-likeness (QED) is 0.503. The fourth-order valence-corrected chi connectivity index (χ4v) is 2.51. The lowest BCUT2D eigenvalue weighted by atomic mass is 10.1. The Bertz CT molecular complexity index is 1010. The van der Waals surface area contributed by atoms with Crippen molar-refractivity contribution in [3.05, 3.63) is 72.0 Å². The van der Waals surface area contributed by atoms with Crippen LogP contribution in [0.2, 0.25) is 0 Å². The molecule has 2 aromatic heterocycles. The van der Waals surface area contributed by atoms with Crippen LogP contribution >= 0.6 is 0 Å². The third-order valence-electron chi connectivity index (χ3n) is 3.90. The van der Waals surface area contributed by atoms with E-state index in [4.69, 9.17) is 8.94 Å². The zero-order valence-corrected chi connectivity index (χ0v) is 13.5. The van der Waals surface area contributed by atoms with E-state index in [1.165, 1.54) is 5.56 Å². The standard InChI is InChI=1S/C20H14N2O3/c1-13-2-4-15(5-3-13)19-21-20(25-22-19)16-8-6-14(7-9-16)18-11-10-17(12-23)24-18/h2-12H,1H3. The van der Waals surface area contributed by atoms with Crippen LogP contribution in [0.4, 0.5) is 0 Å². The SMILES string of the molecule is Cc1ccc(-c2noc(-c3ccc(-c4ccc(C=O)o4)cc3)n2)cc1. The predicted octanol–water partition coefficient (Wildman–Crippen LogP) is 4.78. The molecule has 4 aromatic rings. The minimum Gasteiger partial charge on any atom is -0.453 e. The van der Waals surface area contributed by atoms with E-state index in [0.717, 1.165) is 16.7 Å². The highest BCUT2D eigenvalue weighted by molar-refractivity contribution is 5.73. The summed E-state index contributed by atoms with van der Waals surface area (Å²) in [6, 6.07) is 18.9. The summed E-state index contributed by atoms with van der Waals surface area (Å²) in [6.07, 6.45) is 0.683. The molecule has 0 unspecified atom stereocenters. The molecule has 5 heteroatoms. The minimum absolute atomic E-state index is 0.304. The Morgan fingerprint density at radius 3 is 2.20 bits per heavy atom. The Hall–Kier alpha value is -3.47. The summed E-state index contributed by atoms with van der Waals surface area (Å²) in [7, 11) is 0. The van der Waals surface area contributed by atoms with E-state index in [0.29, 0.717) is 29.5 Å². The summed E-state index contributed by atoms with van der Waals surface area (Å²) in [5.74, 6) is 1.95. The summed E-state index contributed by atoms with van der Waals surface area (Å²) in [5, 5.41) is 4.04. The van der Waals surface area contributed by atoms with Gasteiger partial charge in [-0.1, -0.05) is 47.1 Å². The van der Waals surface area contributed by atoms with Crippen molar-refractivity contribution in [2.45, 2.75) is 6.92 Å². The van der Waals surface area contributed by atoms with E-state index in [9.17, 15) is 4.79 Å². The molecule has 2 aromatic carbocycles. The van der Waals surface area contributed by atoms with Gasteiger partial charge in [0, 0.05) is 16.7 Å². The van der Waals surface area contributed by atoms with Gasteiger partial charge in [-0.3, -0.25) is 4.79 Å². The molecule has 2 heterocycles. The van der Waals surface area contributed by atoms with Crippen LogP contribution < -0.4 is 0 Å². The lowest BCUT2D eigenvalue weighted by Gasteiger charge is -1.98. The normalized spacial score (nSPS) is 10.8. The van der Waals surface area contributed by atoms with Gasteiger partial charge in [-0.05, 0) is 31.2 Å². The first-order chi connectivity index (χ1) is 12.2. The zero-order valence-electron chi connectivity index (χ0n) is 13.5. The lowest BCUT2D eigenvalue weighted by molar-refractivity contribution is 0.110. The molecule has 0 atom stereocenters. The largest absolute Gasteiger partial charge is 0.453 e. The Morgan fingerprint density at radius 2 is 1.52 bits per heavy atom. The van der Waals surface area contributed by atoms with Crippen molar-refractivity contribution in [2.24, 2.45) is 0 Å². The number of carbonyl (C=O) groups excluding carboxylic acids is 1. The second-order valence-corrected chi connectivity index (χ2v) is 5.69. The third kappa shape index (κ3) is 2.99. The molecular weight excluding hydrogens is 316 g/mol. The maximum Gasteiger partial charge on any atom is 0.258 e. The van der Waals surface area contributed by atoms with Crippen LogP contribution in [-0.4, -0.2) is 16.4 Å². The maximum atomic E-state index is 10.7. The Balaban J connectivity index is 1.60.